The van der Waals surface area contributed by atoms with Gasteiger partial charge in [0.05, 0.1) is 12.2 Å². The number of hydrogen-bond acceptors (Lipinski definition) is 4. The third kappa shape index (κ3) is 5.58. The number of nitrogens with one attached hydrogen (secondary N) is 2. The van der Waals surface area contributed by atoms with Gasteiger partial charge in [0.2, 0.25) is 0 Å². The highest BCUT2D eigenvalue weighted by Crippen LogP contribution is 2.28. The molecule has 174 valence electrons. The number of aryl methyl sites for hydroxylation is 1. The molecule has 2 N–H and O–H groups in total. The molecule has 0 amide bonds. The van der Waals surface area contributed by atoms with Gasteiger partial charge in [-0.2, -0.15) is 0 Å². The van der Waals surface area contributed by atoms with Crippen LogP contribution in [0.2, 0.25) is 0 Å². The summed E-state index contributed by atoms with van der Waals surface area (Å²) in [5, 5.41) is 3.45. The molecule has 0 saturated carbocycles. The Morgan fingerprint density at radius 2 is 1.79 bits per heavy atom. The van der Waals surface area contributed by atoms with E-state index < -0.39 is 0 Å². The Balaban J connectivity index is 1.25. The van der Waals surface area contributed by atoms with E-state index in [0.29, 0.717) is 0 Å². The van der Waals surface area contributed by atoms with Crippen molar-refractivity contribution >= 4 is 0 Å². The number of benzene rings is 2. The number of aromatic nitrogens is 3. The van der Waals surface area contributed by atoms with Gasteiger partial charge in [-0.3, -0.25) is 9.88 Å². The van der Waals surface area contributed by atoms with Gasteiger partial charge in [-0.25, -0.2) is 9.37 Å². The van der Waals surface area contributed by atoms with Crippen molar-refractivity contribution in [2.24, 2.45) is 0 Å². The first kappa shape index (κ1) is 22.4. The molecule has 2 aromatic carbocycles. The summed E-state index contributed by atoms with van der Waals surface area (Å²) in [6.45, 7) is 3.07. The maximum Gasteiger partial charge on any atom is 0.126 e. The number of pyridine rings is 1. The molecule has 0 saturated heterocycles. The fourth-order valence-corrected chi connectivity index (χ4v) is 4.76. The molecule has 1 unspecified atom stereocenters. The highest BCUT2D eigenvalue weighted by Gasteiger charge is 2.26. The summed E-state index contributed by atoms with van der Waals surface area (Å²) >= 11 is 0. The molecule has 0 bridgehead atoms. The predicted octanol–water partition coefficient (Wildman–Crippen LogP) is 4.79. The van der Waals surface area contributed by atoms with Crippen LogP contribution in [-0.4, -0.2) is 25.9 Å². The van der Waals surface area contributed by atoms with Crippen LogP contribution in [-0.2, 0) is 39.0 Å². The minimum absolute atomic E-state index is 0.0808. The van der Waals surface area contributed by atoms with E-state index in [1.54, 1.807) is 12.3 Å². The van der Waals surface area contributed by atoms with Crippen molar-refractivity contribution in [2.75, 3.05) is 0 Å². The van der Waals surface area contributed by atoms with Crippen molar-refractivity contribution < 1.29 is 4.39 Å². The molecule has 0 spiro atoms. The lowest BCUT2D eigenvalue weighted by Crippen LogP contribution is -2.39. The third-order valence-corrected chi connectivity index (χ3v) is 6.60. The summed E-state index contributed by atoms with van der Waals surface area (Å²) in [5.74, 6) is 0.859. The zero-order valence-electron chi connectivity index (χ0n) is 19.3. The molecule has 0 fully saturated rings. The molecule has 1 aliphatic rings. The standard InChI is InChI=1S/C28H30FN5/c29-27-6-3-4-23-11-12-25(16-26(23)27)34(20-28-32-14-15-33-28)19-22-9-7-21(8-10-22)17-30-18-24-5-1-2-13-31-24/h1-10,13-15,25,30H,11-12,16-20H2,(H,32,33). The molecule has 4 aromatic rings. The summed E-state index contributed by atoms with van der Waals surface area (Å²) in [4.78, 5) is 14.5. The van der Waals surface area contributed by atoms with Crippen LogP contribution in [0.3, 0.4) is 0 Å². The van der Waals surface area contributed by atoms with Gasteiger partial charge in [0.25, 0.3) is 0 Å². The van der Waals surface area contributed by atoms with Gasteiger partial charge < -0.3 is 10.3 Å². The first-order valence-corrected chi connectivity index (χ1v) is 11.9. The fourth-order valence-electron chi connectivity index (χ4n) is 4.76. The van der Waals surface area contributed by atoms with Gasteiger partial charge in [0, 0.05) is 44.3 Å². The quantitative estimate of drug-likeness (QED) is 0.381. The Labute approximate surface area is 200 Å². The Morgan fingerprint density at radius 3 is 2.59 bits per heavy atom. The maximum atomic E-state index is 14.5. The van der Waals surface area contributed by atoms with Crippen LogP contribution in [0.25, 0.3) is 0 Å². The van der Waals surface area contributed by atoms with Gasteiger partial charge in [0.1, 0.15) is 11.6 Å². The maximum absolute atomic E-state index is 14.5. The second-order valence-electron chi connectivity index (χ2n) is 8.96. The first-order valence-electron chi connectivity index (χ1n) is 11.9. The van der Waals surface area contributed by atoms with Crippen molar-refractivity contribution in [1.82, 2.24) is 25.2 Å². The minimum Gasteiger partial charge on any atom is -0.348 e. The number of H-pyrrole nitrogens is 1. The normalized spacial score (nSPS) is 15.4. The lowest BCUT2D eigenvalue weighted by Gasteiger charge is -2.35. The van der Waals surface area contributed by atoms with Crippen molar-refractivity contribution in [1.29, 1.82) is 0 Å². The number of fused-ring (bicyclic) bond motifs is 1. The van der Waals surface area contributed by atoms with Crippen molar-refractivity contribution in [3.05, 3.63) is 119 Å². The monoisotopic (exact) mass is 455 g/mol. The fraction of sp³-hybridized carbons (Fsp3) is 0.286. The molecular formula is C28H30FN5. The molecule has 0 aliphatic heterocycles. The lowest BCUT2D eigenvalue weighted by atomic mass is 9.87. The molecule has 6 heteroatoms. The number of imidazole rings is 1. The number of hydrogen-bond donors (Lipinski definition) is 2. The van der Waals surface area contributed by atoms with Crippen LogP contribution in [0, 0.1) is 5.82 Å². The van der Waals surface area contributed by atoms with Crippen molar-refractivity contribution in [3.8, 4) is 0 Å². The molecule has 5 nitrogen and oxygen atoms in total. The first-order chi connectivity index (χ1) is 16.7. The number of halogens is 1. The molecule has 2 heterocycles. The van der Waals surface area contributed by atoms with E-state index >= 15 is 0 Å². The zero-order valence-corrected chi connectivity index (χ0v) is 19.3. The topological polar surface area (TPSA) is 56.8 Å². The predicted molar refractivity (Wildman–Crippen MR) is 131 cm³/mol. The van der Waals surface area contributed by atoms with E-state index in [2.05, 4.69) is 55.5 Å². The average molecular weight is 456 g/mol. The highest BCUT2D eigenvalue weighted by molar-refractivity contribution is 5.32. The summed E-state index contributed by atoms with van der Waals surface area (Å²) in [6.07, 6.45) is 8.13. The SMILES string of the molecule is Fc1cccc2c1CC(N(Cc1ccc(CNCc3ccccn3)cc1)Cc1ncc[nH]1)CC2. The van der Waals surface area contributed by atoms with E-state index in [-0.39, 0.29) is 11.9 Å². The van der Waals surface area contributed by atoms with Gasteiger partial charge in [0.15, 0.2) is 0 Å². The van der Waals surface area contributed by atoms with Crippen LogP contribution in [0.1, 0.15) is 40.2 Å². The third-order valence-electron chi connectivity index (χ3n) is 6.60. The molecule has 0 radical (unpaired) electrons. The second kappa shape index (κ2) is 10.7. The molecule has 1 aliphatic carbocycles. The average Bonchev–Trinajstić information content (AvgIpc) is 3.39. The highest BCUT2D eigenvalue weighted by atomic mass is 19.1. The Morgan fingerprint density at radius 1 is 0.912 bits per heavy atom. The molecule has 5 rings (SSSR count). The van der Waals surface area contributed by atoms with Crippen molar-refractivity contribution in [3.63, 3.8) is 0 Å². The number of nitrogens with zero attached hydrogens (tertiary/aromatic N) is 3. The van der Waals surface area contributed by atoms with E-state index in [1.807, 2.05) is 36.7 Å². The van der Waals surface area contributed by atoms with E-state index in [0.717, 1.165) is 68.1 Å². The summed E-state index contributed by atoms with van der Waals surface area (Å²) in [7, 11) is 0. The summed E-state index contributed by atoms with van der Waals surface area (Å²) in [5.41, 5.74) is 5.55. The Kier molecular flexibility index (Phi) is 7.08. The van der Waals surface area contributed by atoms with Crippen molar-refractivity contribution in [2.45, 2.75) is 51.5 Å². The van der Waals surface area contributed by atoms with Crippen LogP contribution in [0.4, 0.5) is 4.39 Å². The lowest BCUT2D eigenvalue weighted by molar-refractivity contribution is 0.157. The van der Waals surface area contributed by atoms with Gasteiger partial charge in [-0.05, 0) is 59.7 Å². The minimum atomic E-state index is -0.0808. The van der Waals surface area contributed by atoms with E-state index in [1.165, 1.54) is 11.1 Å². The van der Waals surface area contributed by atoms with Crippen LogP contribution >= 0.6 is 0 Å². The number of rotatable bonds is 9. The summed E-state index contributed by atoms with van der Waals surface area (Å²) in [6, 6.07) is 20.5. The second-order valence-corrected chi connectivity index (χ2v) is 8.96. The molecule has 2 aromatic heterocycles. The zero-order chi connectivity index (χ0) is 23.2. The van der Waals surface area contributed by atoms with E-state index in [9.17, 15) is 4.39 Å². The van der Waals surface area contributed by atoms with Gasteiger partial charge in [-0.1, -0.05) is 42.5 Å². The molecular weight excluding hydrogens is 425 g/mol. The Hall–Kier alpha value is -3.35. The summed E-state index contributed by atoms with van der Waals surface area (Å²) < 4.78 is 14.5. The molecule has 1 atom stereocenters. The smallest absolute Gasteiger partial charge is 0.126 e. The molecule has 34 heavy (non-hydrogen) atoms. The van der Waals surface area contributed by atoms with Gasteiger partial charge >= 0.3 is 0 Å². The van der Waals surface area contributed by atoms with Crippen LogP contribution in [0.5, 0.6) is 0 Å². The largest absolute Gasteiger partial charge is 0.348 e. The van der Waals surface area contributed by atoms with E-state index in [4.69, 9.17) is 0 Å². The number of aromatic amines is 1. The van der Waals surface area contributed by atoms with Crippen LogP contribution < -0.4 is 5.32 Å². The van der Waals surface area contributed by atoms with Crippen LogP contribution in [0.15, 0.2) is 79.3 Å². The van der Waals surface area contributed by atoms with Gasteiger partial charge in [-0.15, -0.1) is 0 Å². The Bertz CT molecular complexity index is 1180.